The van der Waals surface area contributed by atoms with Gasteiger partial charge >= 0.3 is 0 Å². The van der Waals surface area contributed by atoms with Crippen LogP contribution in [0.4, 0.5) is 11.4 Å². The fourth-order valence-corrected chi connectivity index (χ4v) is 4.03. The SMILES string of the molecule is CCC(Sc1cccc(NC(=O)C2CC2)c1)C(=O)Nc1cc(C)c(Cl)cc1OC. The number of ether oxygens (including phenoxy) is 1. The van der Waals surface area contributed by atoms with Crippen LogP contribution < -0.4 is 15.4 Å². The molecule has 2 aromatic rings. The Morgan fingerprint density at radius 1 is 1.24 bits per heavy atom. The van der Waals surface area contributed by atoms with Crippen LogP contribution in [0.5, 0.6) is 5.75 Å². The second kappa shape index (κ2) is 9.55. The molecule has 29 heavy (non-hydrogen) atoms. The topological polar surface area (TPSA) is 67.4 Å². The Bertz CT molecular complexity index is 915. The van der Waals surface area contributed by atoms with E-state index in [4.69, 9.17) is 16.3 Å². The van der Waals surface area contributed by atoms with Crippen molar-refractivity contribution in [2.45, 2.75) is 43.3 Å². The first kappa shape index (κ1) is 21.5. The van der Waals surface area contributed by atoms with Crippen LogP contribution in [0.15, 0.2) is 41.3 Å². The molecule has 0 saturated heterocycles. The zero-order valence-electron chi connectivity index (χ0n) is 16.8. The number of aryl methyl sites for hydroxylation is 1. The van der Waals surface area contributed by atoms with E-state index in [9.17, 15) is 9.59 Å². The minimum atomic E-state index is -0.287. The molecule has 5 nitrogen and oxygen atoms in total. The van der Waals surface area contributed by atoms with Crippen LogP contribution in [-0.2, 0) is 9.59 Å². The van der Waals surface area contributed by atoms with E-state index in [-0.39, 0.29) is 23.0 Å². The molecule has 0 aliphatic heterocycles. The fraction of sp³-hybridized carbons (Fsp3) is 0.364. The highest BCUT2D eigenvalue weighted by Gasteiger charge is 2.29. The van der Waals surface area contributed by atoms with Crippen LogP contribution in [0, 0.1) is 12.8 Å². The molecular weight excluding hydrogens is 408 g/mol. The summed E-state index contributed by atoms with van der Waals surface area (Å²) in [6.45, 7) is 3.85. The number of anilines is 2. The molecule has 1 atom stereocenters. The molecule has 0 radical (unpaired) electrons. The second-order valence-corrected chi connectivity index (χ2v) is 8.78. The van der Waals surface area contributed by atoms with Gasteiger partial charge in [0, 0.05) is 27.6 Å². The number of hydrogen-bond acceptors (Lipinski definition) is 4. The van der Waals surface area contributed by atoms with E-state index in [1.165, 1.54) is 11.8 Å². The lowest BCUT2D eigenvalue weighted by atomic mass is 10.2. The number of nitrogens with one attached hydrogen (secondary N) is 2. The van der Waals surface area contributed by atoms with Crippen LogP contribution >= 0.6 is 23.4 Å². The molecule has 0 bridgehead atoms. The molecule has 154 valence electrons. The Morgan fingerprint density at radius 3 is 2.66 bits per heavy atom. The molecule has 0 aromatic heterocycles. The summed E-state index contributed by atoms with van der Waals surface area (Å²) in [5.41, 5.74) is 2.23. The van der Waals surface area contributed by atoms with Gasteiger partial charge in [-0.1, -0.05) is 24.6 Å². The highest BCUT2D eigenvalue weighted by Crippen LogP contribution is 2.34. The molecule has 7 heteroatoms. The number of halogens is 1. The summed E-state index contributed by atoms with van der Waals surface area (Å²) in [5, 5.41) is 6.21. The van der Waals surface area contributed by atoms with E-state index in [1.807, 2.05) is 44.2 Å². The molecule has 0 spiro atoms. The number of methoxy groups -OCH3 is 1. The van der Waals surface area contributed by atoms with Crippen molar-refractivity contribution >= 4 is 46.6 Å². The minimum absolute atomic E-state index is 0.0714. The highest BCUT2D eigenvalue weighted by atomic mass is 35.5. The van der Waals surface area contributed by atoms with Crippen molar-refractivity contribution < 1.29 is 14.3 Å². The van der Waals surface area contributed by atoms with Crippen LogP contribution in [0.25, 0.3) is 0 Å². The number of hydrogen-bond donors (Lipinski definition) is 2. The van der Waals surface area contributed by atoms with Crippen molar-refractivity contribution in [2.24, 2.45) is 5.92 Å². The summed E-state index contributed by atoms with van der Waals surface area (Å²) in [6.07, 6.45) is 2.59. The van der Waals surface area contributed by atoms with Crippen molar-refractivity contribution in [3.63, 3.8) is 0 Å². The number of benzene rings is 2. The fourth-order valence-electron chi connectivity index (χ4n) is 2.87. The highest BCUT2D eigenvalue weighted by molar-refractivity contribution is 8.00. The van der Waals surface area contributed by atoms with Gasteiger partial charge in [0.25, 0.3) is 0 Å². The molecular formula is C22H25ClN2O3S. The zero-order chi connectivity index (χ0) is 21.0. The monoisotopic (exact) mass is 432 g/mol. The standard InChI is InChI=1S/C22H25ClN2O3S/c1-4-20(22(27)25-18-10-13(2)17(23)12-19(18)28-3)29-16-7-5-6-15(11-16)24-21(26)14-8-9-14/h5-7,10-12,14,20H,4,8-9H2,1-3H3,(H,24,26)(H,25,27). The lowest BCUT2D eigenvalue weighted by Crippen LogP contribution is -2.25. The average molecular weight is 433 g/mol. The largest absolute Gasteiger partial charge is 0.495 e. The molecule has 1 aliphatic rings. The maximum absolute atomic E-state index is 12.9. The lowest BCUT2D eigenvalue weighted by Gasteiger charge is -2.17. The Morgan fingerprint density at radius 2 is 2.00 bits per heavy atom. The van der Waals surface area contributed by atoms with Gasteiger partial charge < -0.3 is 15.4 Å². The van der Waals surface area contributed by atoms with Crippen molar-refractivity contribution in [2.75, 3.05) is 17.7 Å². The van der Waals surface area contributed by atoms with E-state index < -0.39 is 0 Å². The van der Waals surface area contributed by atoms with Crippen molar-refractivity contribution in [3.05, 3.63) is 47.0 Å². The summed E-state index contributed by atoms with van der Waals surface area (Å²) >= 11 is 7.62. The number of rotatable bonds is 8. The van der Waals surface area contributed by atoms with Gasteiger partial charge in [0.15, 0.2) is 0 Å². The van der Waals surface area contributed by atoms with Gasteiger partial charge in [-0.05, 0) is 56.0 Å². The van der Waals surface area contributed by atoms with Crippen LogP contribution in [0.3, 0.4) is 0 Å². The molecule has 2 amide bonds. The molecule has 1 saturated carbocycles. The normalized spacial score (nSPS) is 14.2. The Hall–Kier alpha value is -2.18. The third-order valence-electron chi connectivity index (χ3n) is 4.73. The summed E-state index contributed by atoms with van der Waals surface area (Å²) in [4.78, 5) is 25.8. The van der Waals surface area contributed by atoms with Gasteiger partial charge in [-0.3, -0.25) is 9.59 Å². The molecule has 1 fully saturated rings. The lowest BCUT2D eigenvalue weighted by molar-refractivity contribution is -0.117. The maximum atomic E-state index is 12.9. The first-order valence-electron chi connectivity index (χ1n) is 9.63. The summed E-state index contributed by atoms with van der Waals surface area (Å²) in [5.74, 6) is 0.643. The molecule has 0 heterocycles. The average Bonchev–Trinajstić information content (AvgIpc) is 3.54. The van der Waals surface area contributed by atoms with Crippen molar-refractivity contribution in [1.82, 2.24) is 0 Å². The third kappa shape index (κ3) is 5.67. The van der Waals surface area contributed by atoms with E-state index in [2.05, 4.69) is 10.6 Å². The first-order chi connectivity index (χ1) is 13.9. The smallest absolute Gasteiger partial charge is 0.237 e. The second-order valence-electron chi connectivity index (χ2n) is 7.10. The first-order valence-corrected chi connectivity index (χ1v) is 10.9. The zero-order valence-corrected chi connectivity index (χ0v) is 18.3. The molecule has 1 aliphatic carbocycles. The van der Waals surface area contributed by atoms with Gasteiger partial charge in [-0.2, -0.15) is 0 Å². The summed E-state index contributed by atoms with van der Waals surface area (Å²) < 4.78 is 5.34. The quantitative estimate of drug-likeness (QED) is 0.539. The van der Waals surface area contributed by atoms with Gasteiger partial charge in [-0.25, -0.2) is 0 Å². The summed E-state index contributed by atoms with van der Waals surface area (Å²) in [7, 11) is 1.55. The van der Waals surface area contributed by atoms with Gasteiger partial charge in [0.1, 0.15) is 5.75 Å². The third-order valence-corrected chi connectivity index (χ3v) is 6.50. The predicted octanol–water partition coefficient (Wildman–Crippen LogP) is 5.51. The molecule has 2 N–H and O–H groups in total. The number of carbonyl (C=O) groups excluding carboxylic acids is 2. The molecule has 1 unspecified atom stereocenters. The van der Waals surface area contributed by atoms with E-state index in [0.29, 0.717) is 22.9 Å². The van der Waals surface area contributed by atoms with E-state index >= 15 is 0 Å². The maximum Gasteiger partial charge on any atom is 0.237 e. The summed E-state index contributed by atoms with van der Waals surface area (Å²) in [6, 6.07) is 11.1. The molecule has 3 rings (SSSR count). The van der Waals surface area contributed by atoms with Crippen molar-refractivity contribution in [1.29, 1.82) is 0 Å². The Labute approximate surface area is 180 Å². The predicted molar refractivity (Wildman–Crippen MR) is 119 cm³/mol. The number of amides is 2. The minimum Gasteiger partial charge on any atom is -0.495 e. The molecule has 2 aromatic carbocycles. The number of thioether (sulfide) groups is 1. The van der Waals surface area contributed by atoms with Gasteiger partial charge in [0.05, 0.1) is 18.0 Å². The van der Waals surface area contributed by atoms with Crippen LogP contribution in [0.2, 0.25) is 5.02 Å². The van der Waals surface area contributed by atoms with Gasteiger partial charge in [0.2, 0.25) is 11.8 Å². The van der Waals surface area contributed by atoms with E-state index in [1.54, 1.807) is 13.2 Å². The van der Waals surface area contributed by atoms with Crippen molar-refractivity contribution in [3.8, 4) is 5.75 Å². The van der Waals surface area contributed by atoms with Crippen LogP contribution in [0.1, 0.15) is 31.7 Å². The Kier molecular flexibility index (Phi) is 7.09. The number of carbonyl (C=O) groups is 2. The van der Waals surface area contributed by atoms with Gasteiger partial charge in [-0.15, -0.1) is 11.8 Å². The Balaban J connectivity index is 1.69. The van der Waals surface area contributed by atoms with E-state index in [0.717, 1.165) is 29.0 Å². The van der Waals surface area contributed by atoms with Crippen LogP contribution in [-0.4, -0.2) is 24.2 Å².